The molecular weight excluding hydrogens is 444 g/mol. The van der Waals surface area contributed by atoms with Crippen molar-refractivity contribution < 1.29 is 4.74 Å². The van der Waals surface area contributed by atoms with Crippen LogP contribution >= 0.6 is 11.6 Å². The number of rotatable bonds is 8. The number of nitrogens with two attached hydrogens (primary N) is 3. The predicted molar refractivity (Wildman–Crippen MR) is 129 cm³/mol. The highest BCUT2D eigenvalue weighted by Gasteiger charge is 2.32. The van der Waals surface area contributed by atoms with Crippen molar-refractivity contribution in [2.24, 2.45) is 17.2 Å². The smallest absolute Gasteiger partial charge is 0.247 e. The van der Waals surface area contributed by atoms with Crippen LogP contribution in [0.5, 0.6) is 0 Å². The maximum absolute atomic E-state index is 6.86. The van der Waals surface area contributed by atoms with Gasteiger partial charge in [-0.2, -0.15) is 4.98 Å². The van der Waals surface area contributed by atoms with E-state index in [-0.39, 0.29) is 12.1 Å². The number of hydrogen-bond acceptors (Lipinski definition) is 10. The molecule has 0 spiro atoms. The number of nitrogens with one attached hydrogen (secondary N) is 2. The number of ether oxygens (including phenoxy) is 1. The Balaban J connectivity index is 1.52. The zero-order chi connectivity index (χ0) is 23.1. The summed E-state index contributed by atoms with van der Waals surface area (Å²) < 4.78 is 7.22. The Morgan fingerprint density at radius 3 is 2.70 bits per heavy atom. The quantitative estimate of drug-likeness (QED) is 0.322. The molecule has 5 rings (SSSR count). The van der Waals surface area contributed by atoms with Crippen LogP contribution in [0.4, 0.5) is 23.1 Å². The van der Waals surface area contributed by atoms with Crippen molar-refractivity contribution in [3.63, 3.8) is 0 Å². The van der Waals surface area contributed by atoms with Gasteiger partial charge < -0.3 is 37.5 Å². The number of halogens is 1. The molecule has 0 unspecified atom stereocenters. The van der Waals surface area contributed by atoms with Gasteiger partial charge in [-0.1, -0.05) is 11.6 Å². The van der Waals surface area contributed by atoms with Gasteiger partial charge in [0.1, 0.15) is 0 Å². The molecule has 3 heterocycles. The fraction of sp³-hybridized carbons (Fsp3) is 0.476. The van der Waals surface area contributed by atoms with Gasteiger partial charge >= 0.3 is 0 Å². The Hall–Kier alpha value is -2.70. The van der Waals surface area contributed by atoms with Crippen molar-refractivity contribution in [3.8, 4) is 0 Å². The molecule has 2 fully saturated rings. The Morgan fingerprint density at radius 1 is 1.21 bits per heavy atom. The molecule has 0 radical (unpaired) electrons. The minimum absolute atomic E-state index is 0.0586. The Bertz CT molecular complexity index is 1160. The summed E-state index contributed by atoms with van der Waals surface area (Å²) in [6, 6.07) is 4.21. The molecule has 0 amide bonds. The molecule has 12 heteroatoms. The molecule has 1 saturated heterocycles. The van der Waals surface area contributed by atoms with Crippen LogP contribution in [0.2, 0.25) is 5.02 Å². The largest absolute Gasteiger partial charge is 0.378 e. The van der Waals surface area contributed by atoms with E-state index in [0.29, 0.717) is 60.3 Å². The topological polar surface area (TPSA) is 158 Å². The number of anilines is 4. The highest BCUT2D eigenvalue weighted by Crippen LogP contribution is 2.37. The summed E-state index contributed by atoms with van der Waals surface area (Å²) in [6.07, 6.45) is 3.88. The van der Waals surface area contributed by atoms with Crippen LogP contribution in [0.3, 0.4) is 0 Å². The van der Waals surface area contributed by atoms with Crippen LogP contribution in [-0.2, 0) is 17.8 Å². The lowest BCUT2D eigenvalue weighted by Crippen LogP contribution is -2.34. The summed E-state index contributed by atoms with van der Waals surface area (Å²) in [7, 11) is 1.67. The van der Waals surface area contributed by atoms with Crippen molar-refractivity contribution in [2.45, 2.75) is 44.1 Å². The first-order chi connectivity index (χ1) is 16.0. The number of imidazole rings is 1. The molecule has 0 bridgehead atoms. The van der Waals surface area contributed by atoms with Crippen molar-refractivity contribution in [1.82, 2.24) is 19.6 Å². The number of fused-ring (bicyclic) bond motifs is 1. The van der Waals surface area contributed by atoms with E-state index in [1.54, 1.807) is 17.8 Å². The van der Waals surface area contributed by atoms with E-state index in [9.17, 15) is 0 Å². The fourth-order valence-electron chi connectivity index (χ4n) is 4.11. The molecular formula is C21H29ClN10O. The van der Waals surface area contributed by atoms with E-state index in [1.807, 2.05) is 12.1 Å². The summed E-state index contributed by atoms with van der Waals surface area (Å²) in [5.41, 5.74) is 22.0. The first-order valence-electron chi connectivity index (χ1n) is 11.0. The average Bonchev–Trinajstić information content (AvgIpc) is 3.40. The molecule has 2 aliphatic rings. The van der Waals surface area contributed by atoms with Crippen molar-refractivity contribution in [3.05, 3.63) is 34.6 Å². The average molecular weight is 473 g/mol. The number of methoxy groups -OCH3 is 1. The second-order valence-electron chi connectivity index (χ2n) is 8.54. The van der Waals surface area contributed by atoms with E-state index >= 15 is 0 Å². The maximum Gasteiger partial charge on any atom is 0.247 e. The lowest BCUT2D eigenvalue weighted by Gasteiger charge is -2.22. The highest BCUT2D eigenvalue weighted by molar-refractivity contribution is 6.36. The zero-order valence-corrected chi connectivity index (χ0v) is 19.2. The molecule has 2 aromatic heterocycles. The maximum atomic E-state index is 6.86. The van der Waals surface area contributed by atoms with Crippen LogP contribution < -0.4 is 32.7 Å². The number of aromatic nitrogens is 4. The van der Waals surface area contributed by atoms with Crippen molar-refractivity contribution in [2.75, 3.05) is 35.7 Å². The standard InChI is InChI=1S/C21H29ClN10O/c1-33-17-10-31(9-14(17)25)16-5-11(6-23)4-15(18(16)22)28-21-29-19(27-12-2-3-12)20-26-8-13(7-24)32(20)30-21/h4-5,8,12,14,17H,2-3,6-7,9-10,23-25H2,1H3,(H2,27,28,29,30)/t14-,17+/m0/s1. The molecule has 1 saturated carbocycles. The Labute approximate surface area is 196 Å². The van der Waals surface area contributed by atoms with Gasteiger partial charge in [0.25, 0.3) is 0 Å². The normalized spacial score (nSPS) is 20.6. The first kappa shape index (κ1) is 22.1. The minimum atomic E-state index is -0.0956. The predicted octanol–water partition coefficient (Wildman–Crippen LogP) is 1.18. The van der Waals surface area contributed by atoms with E-state index in [4.69, 9.17) is 33.5 Å². The van der Waals surface area contributed by atoms with Gasteiger partial charge in [-0.3, -0.25) is 0 Å². The molecule has 176 valence electrons. The number of benzene rings is 1. The third kappa shape index (κ3) is 4.30. The lowest BCUT2D eigenvalue weighted by atomic mass is 10.1. The van der Waals surface area contributed by atoms with Crippen LogP contribution in [-0.4, -0.2) is 58.0 Å². The summed E-state index contributed by atoms with van der Waals surface area (Å²) in [5, 5.41) is 11.9. The molecule has 1 aliphatic carbocycles. The molecule has 1 aromatic carbocycles. The Kier molecular flexibility index (Phi) is 5.97. The third-order valence-corrected chi connectivity index (χ3v) is 6.51. The van der Waals surface area contributed by atoms with E-state index in [2.05, 4.69) is 30.6 Å². The second-order valence-corrected chi connectivity index (χ2v) is 8.92. The molecule has 33 heavy (non-hydrogen) atoms. The van der Waals surface area contributed by atoms with Gasteiger partial charge in [-0.15, -0.1) is 5.10 Å². The third-order valence-electron chi connectivity index (χ3n) is 6.11. The summed E-state index contributed by atoms with van der Waals surface area (Å²) in [4.78, 5) is 11.3. The Morgan fingerprint density at radius 2 is 2.03 bits per heavy atom. The van der Waals surface area contributed by atoms with Gasteiger partial charge in [0.15, 0.2) is 11.5 Å². The molecule has 8 N–H and O–H groups in total. The fourth-order valence-corrected chi connectivity index (χ4v) is 4.38. The second kappa shape index (κ2) is 8.92. The van der Waals surface area contributed by atoms with Crippen LogP contribution in [0, 0.1) is 0 Å². The molecule has 2 atom stereocenters. The summed E-state index contributed by atoms with van der Waals surface area (Å²) in [5.74, 6) is 1.04. The van der Waals surface area contributed by atoms with Crippen LogP contribution in [0.25, 0.3) is 5.65 Å². The highest BCUT2D eigenvalue weighted by atomic mass is 35.5. The van der Waals surface area contributed by atoms with E-state index < -0.39 is 0 Å². The number of hydrogen-bond donors (Lipinski definition) is 5. The van der Waals surface area contributed by atoms with Gasteiger partial charge in [0.05, 0.1) is 40.4 Å². The molecule has 1 aliphatic heterocycles. The van der Waals surface area contributed by atoms with Crippen molar-refractivity contribution >= 4 is 40.4 Å². The van der Waals surface area contributed by atoms with E-state index in [1.165, 1.54) is 0 Å². The van der Waals surface area contributed by atoms with Crippen LogP contribution in [0.1, 0.15) is 24.1 Å². The lowest BCUT2D eigenvalue weighted by molar-refractivity contribution is 0.108. The summed E-state index contributed by atoms with van der Waals surface area (Å²) in [6.45, 7) is 1.96. The van der Waals surface area contributed by atoms with Crippen LogP contribution in [0.15, 0.2) is 18.3 Å². The molecule has 11 nitrogen and oxygen atoms in total. The van der Waals surface area contributed by atoms with Gasteiger partial charge in [0, 0.05) is 39.3 Å². The van der Waals surface area contributed by atoms with Gasteiger partial charge in [-0.25, -0.2) is 9.50 Å². The first-order valence-corrected chi connectivity index (χ1v) is 11.4. The number of nitrogens with zero attached hydrogens (tertiary/aromatic N) is 5. The van der Waals surface area contributed by atoms with Crippen molar-refractivity contribution in [1.29, 1.82) is 0 Å². The summed E-state index contributed by atoms with van der Waals surface area (Å²) >= 11 is 6.86. The monoisotopic (exact) mass is 472 g/mol. The zero-order valence-electron chi connectivity index (χ0n) is 18.5. The van der Waals surface area contributed by atoms with E-state index in [0.717, 1.165) is 29.8 Å². The molecule has 3 aromatic rings. The van der Waals surface area contributed by atoms with Gasteiger partial charge in [-0.05, 0) is 30.5 Å². The minimum Gasteiger partial charge on any atom is -0.378 e. The SMILES string of the molecule is CO[C@@H]1CN(c2cc(CN)cc(Nc3nc(NC4CC4)c4ncc(CN)n4n3)c2Cl)C[C@@H]1N. The van der Waals surface area contributed by atoms with Gasteiger partial charge in [0.2, 0.25) is 5.95 Å².